The summed E-state index contributed by atoms with van der Waals surface area (Å²) in [6.45, 7) is 0. The van der Waals surface area contributed by atoms with Crippen molar-refractivity contribution in [2.45, 2.75) is 38.1 Å². The summed E-state index contributed by atoms with van der Waals surface area (Å²) in [5, 5.41) is 8.82. The second-order valence-corrected chi connectivity index (χ2v) is 7.03. The van der Waals surface area contributed by atoms with Crippen LogP contribution in [0, 0.1) is 0 Å². The molecule has 0 aromatic heterocycles. The van der Waals surface area contributed by atoms with Crippen molar-refractivity contribution in [2.75, 3.05) is 11.8 Å². The molecule has 1 aliphatic carbocycles. The maximum Gasteiger partial charge on any atom is 0.335 e. The Bertz CT molecular complexity index is 592. The molecule has 0 aliphatic heterocycles. The largest absolute Gasteiger partial charge is 0.478 e. The number of hydrogen-bond acceptors (Lipinski definition) is 3. The van der Waals surface area contributed by atoms with Gasteiger partial charge in [-0.15, -0.1) is 0 Å². The number of carboxylic acids is 1. The van der Waals surface area contributed by atoms with Crippen molar-refractivity contribution < 1.29 is 18.3 Å². The van der Waals surface area contributed by atoms with Gasteiger partial charge in [-0.1, -0.05) is 19.3 Å². The highest BCUT2D eigenvalue weighted by molar-refractivity contribution is 7.90. The van der Waals surface area contributed by atoms with Gasteiger partial charge in [0.25, 0.3) is 0 Å². The average Bonchev–Trinajstić information content (AvgIpc) is 2.47. The summed E-state index contributed by atoms with van der Waals surface area (Å²) in [6, 6.07) is 5.70. The van der Waals surface area contributed by atoms with E-state index in [-0.39, 0.29) is 11.6 Å². The SMILES string of the molecule is CN(C1CCCCC1)S(=O)(=O)Nc1ccc(C(=O)O)cc1. The molecule has 0 radical (unpaired) electrons. The lowest BCUT2D eigenvalue weighted by Crippen LogP contribution is -2.41. The Kier molecular flexibility index (Phi) is 4.84. The third kappa shape index (κ3) is 3.95. The highest BCUT2D eigenvalue weighted by Crippen LogP contribution is 2.24. The van der Waals surface area contributed by atoms with E-state index in [1.165, 1.54) is 28.6 Å². The minimum atomic E-state index is -3.61. The number of anilines is 1. The second kappa shape index (κ2) is 6.44. The zero-order valence-electron chi connectivity index (χ0n) is 11.9. The minimum Gasteiger partial charge on any atom is -0.478 e. The summed E-state index contributed by atoms with van der Waals surface area (Å²) >= 11 is 0. The van der Waals surface area contributed by atoms with E-state index in [1.54, 1.807) is 7.05 Å². The Hall–Kier alpha value is -1.60. The van der Waals surface area contributed by atoms with Crippen molar-refractivity contribution >= 4 is 21.9 Å². The van der Waals surface area contributed by atoms with Gasteiger partial charge in [0.15, 0.2) is 0 Å². The molecular weight excluding hydrogens is 292 g/mol. The molecule has 1 aromatic carbocycles. The lowest BCUT2D eigenvalue weighted by molar-refractivity contribution is 0.0697. The van der Waals surface area contributed by atoms with Crippen LogP contribution >= 0.6 is 0 Å². The van der Waals surface area contributed by atoms with Gasteiger partial charge in [-0.25, -0.2) is 4.79 Å². The monoisotopic (exact) mass is 312 g/mol. The number of rotatable bonds is 5. The van der Waals surface area contributed by atoms with Crippen LogP contribution in [0.25, 0.3) is 0 Å². The van der Waals surface area contributed by atoms with E-state index in [1.807, 2.05) is 0 Å². The van der Waals surface area contributed by atoms with E-state index < -0.39 is 16.2 Å². The summed E-state index contributed by atoms with van der Waals surface area (Å²) in [5.41, 5.74) is 0.487. The van der Waals surface area contributed by atoms with Crippen molar-refractivity contribution in [2.24, 2.45) is 0 Å². The van der Waals surface area contributed by atoms with Gasteiger partial charge in [0, 0.05) is 18.8 Å². The molecule has 6 nitrogen and oxygen atoms in total. The standard InChI is InChI=1S/C14H20N2O4S/c1-16(13-5-3-2-4-6-13)21(19,20)15-12-9-7-11(8-10-12)14(17)18/h7-10,13,15H,2-6H2,1H3,(H,17,18). The van der Waals surface area contributed by atoms with Gasteiger partial charge in [-0.05, 0) is 37.1 Å². The molecule has 21 heavy (non-hydrogen) atoms. The summed E-state index contributed by atoms with van der Waals surface area (Å²) in [7, 11) is -2.02. The van der Waals surface area contributed by atoms with Crippen molar-refractivity contribution in [1.82, 2.24) is 4.31 Å². The van der Waals surface area contributed by atoms with Crippen molar-refractivity contribution in [1.29, 1.82) is 0 Å². The normalized spacial score (nSPS) is 16.9. The Morgan fingerprint density at radius 2 is 1.76 bits per heavy atom. The molecule has 7 heteroatoms. The molecule has 0 bridgehead atoms. The summed E-state index contributed by atoms with van der Waals surface area (Å²) in [4.78, 5) is 10.8. The van der Waals surface area contributed by atoms with Gasteiger partial charge in [-0.3, -0.25) is 4.72 Å². The molecule has 2 rings (SSSR count). The predicted octanol–water partition coefficient (Wildman–Crippen LogP) is 2.31. The molecule has 0 atom stereocenters. The van der Waals surface area contributed by atoms with Crippen LogP contribution in [-0.4, -0.2) is 36.9 Å². The molecule has 0 unspecified atom stereocenters. The highest BCUT2D eigenvalue weighted by atomic mass is 32.2. The Morgan fingerprint density at radius 1 is 1.19 bits per heavy atom. The number of benzene rings is 1. The number of aromatic carboxylic acids is 1. The zero-order chi connectivity index (χ0) is 15.5. The average molecular weight is 312 g/mol. The van der Waals surface area contributed by atoms with Gasteiger partial charge < -0.3 is 5.11 Å². The van der Waals surface area contributed by atoms with Crippen LogP contribution in [0.4, 0.5) is 5.69 Å². The van der Waals surface area contributed by atoms with Crippen LogP contribution in [0.3, 0.4) is 0 Å². The van der Waals surface area contributed by atoms with Crippen LogP contribution in [-0.2, 0) is 10.2 Å². The first-order valence-corrected chi connectivity index (χ1v) is 8.43. The number of carbonyl (C=O) groups is 1. The van der Waals surface area contributed by atoms with Gasteiger partial charge in [0.1, 0.15) is 0 Å². The van der Waals surface area contributed by atoms with E-state index in [0.29, 0.717) is 5.69 Å². The molecule has 0 heterocycles. The van der Waals surface area contributed by atoms with E-state index in [4.69, 9.17) is 5.11 Å². The van der Waals surface area contributed by atoms with Gasteiger partial charge >= 0.3 is 16.2 Å². The van der Waals surface area contributed by atoms with E-state index in [9.17, 15) is 13.2 Å². The minimum absolute atomic E-state index is 0.0366. The van der Waals surface area contributed by atoms with E-state index >= 15 is 0 Å². The Balaban J connectivity index is 2.07. The van der Waals surface area contributed by atoms with E-state index in [0.717, 1.165) is 32.1 Å². The number of carboxylic acid groups (broad SMARTS) is 1. The van der Waals surface area contributed by atoms with Crippen LogP contribution in [0.2, 0.25) is 0 Å². The second-order valence-electron chi connectivity index (χ2n) is 5.30. The third-order valence-corrected chi connectivity index (χ3v) is 5.40. The quantitative estimate of drug-likeness (QED) is 0.873. The van der Waals surface area contributed by atoms with Crippen molar-refractivity contribution in [3.8, 4) is 0 Å². The van der Waals surface area contributed by atoms with Crippen molar-refractivity contribution in [3.63, 3.8) is 0 Å². The fourth-order valence-electron chi connectivity index (χ4n) is 2.54. The smallest absolute Gasteiger partial charge is 0.335 e. The molecule has 1 fully saturated rings. The maximum absolute atomic E-state index is 12.3. The molecule has 2 N–H and O–H groups in total. The number of nitrogens with one attached hydrogen (secondary N) is 1. The Labute approximate surface area is 125 Å². The lowest BCUT2D eigenvalue weighted by atomic mass is 9.96. The van der Waals surface area contributed by atoms with Gasteiger partial charge in [0.05, 0.1) is 5.56 Å². The number of nitrogens with zero attached hydrogens (tertiary/aromatic N) is 1. The first kappa shape index (κ1) is 15.8. The predicted molar refractivity (Wildman–Crippen MR) is 80.6 cm³/mol. The van der Waals surface area contributed by atoms with Crippen LogP contribution in [0.15, 0.2) is 24.3 Å². The first-order valence-electron chi connectivity index (χ1n) is 6.99. The number of hydrogen-bond donors (Lipinski definition) is 2. The molecule has 0 spiro atoms. The molecule has 0 amide bonds. The fraction of sp³-hybridized carbons (Fsp3) is 0.500. The summed E-state index contributed by atoms with van der Waals surface area (Å²) < 4.78 is 28.5. The van der Waals surface area contributed by atoms with Gasteiger partial charge in [0.2, 0.25) is 0 Å². The lowest BCUT2D eigenvalue weighted by Gasteiger charge is -2.30. The highest BCUT2D eigenvalue weighted by Gasteiger charge is 2.27. The molecule has 0 saturated heterocycles. The van der Waals surface area contributed by atoms with E-state index in [2.05, 4.69) is 4.72 Å². The molecular formula is C14H20N2O4S. The topological polar surface area (TPSA) is 86.7 Å². The van der Waals surface area contributed by atoms with Crippen LogP contribution in [0.1, 0.15) is 42.5 Å². The Morgan fingerprint density at radius 3 is 2.29 bits per heavy atom. The zero-order valence-corrected chi connectivity index (χ0v) is 12.8. The van der Waals surface area contributed by atoms with Gasteiger partial charge in [-0.2, -0.15) is 12.7 Å². The molecule has 1 saturated carbocycles. The summed E-state index contributed by atoms with van der Waals surface area (Å²) in [5.74, 6) is -1.04. The molecule has 1 aromatic rings. The molecule has 1 aliphatic rings. The fourth-order valence-corrected chi connectivity index (χ4v) is 3.72. The van der Waals surface area contributed by atoms with Crippen LogP contribution < -0.4 is 4.72 Å². The van der Waals surface area contributed by atoms with Crippen LogP contribution in [0.5, 0.6) is 0 Å². The third-order valence-electron chi connectivity index (χ3n) is 3.85. The molecule has 116 valence electrons. The summed E-state index contributed by atoms with van der Waals surface area (Å²) in [6.07, 6.45) is 5.04. The van der Waals surface area contributed by atoms with Crippen molar-refractivity contribution in [3.05, 3.63) is 29.8 Å². The first-order chi connectivity index (χ1) is 9.90. The maximum atomic E-state index is 12.3.